The Labute approximate surface area is 129 Å². The first kappa shape index (κ1) is 14.6. The molecule has 0 unspecified atom stereocenters. The molecule has 0 bridgehead atoms. The van der Waals surface area contributed by atoms with Gasteiger partial charge >= 0.3 is 0 Å². The molecule has 0 aliphatic carbocycles. The molecule has 0 saturated heterocycles. The minimum absolute atomic E-state index is 0.684. The number of halogens is 2. The topological polar surface area (TPSA) is 34.4 Å². The summed E-state index contributed by atoms with van der Waals surface area (Å²) >= 11 is 6.72. The SMILES string of the molecule is CCOc1cccc(CNCc2cc(Br)c(Br)o2)c1. The molecule has 1 N–H and O–H groups in total. The molecule has 1 heterocycles. The van der Waals surface area contributed by atoms with E-state index in [4.69, 9.17) is 9.15 Å². The average molecular weight is 389 g/mol. The van der Waals surface area contributed by atoms with Crippen molar-refractivity contribution in [2.45, 2.75) is 20.0 Å². The summed E-state index contributed by atoms with van der Waals surface area (Å²) in [6.45, 7) is 4.13. The second kappa shape index (κ2) is 7.12. The quantitative estimate of drug-likeness (QED) is 0.791. The molecule has 0 radical (unpaired) electrons. The van der Waals surface area contributed by atoms with E-state index in [-0.39, 0.29) is 0 Å². The average Bonchev–Trinajstić information content (AvgIpc) is 2.70. The van der Waals surface area contributed by atoms with Crippen LogP contribution < -0.4 is 10.1 Å². The summed E-state index contributed by atoms with van der Waals surface area (Å²) in [6.07, 6.45) is 0. The van der Waals surface area contributed by atoms with Gasteiger partial charge in [-0.2, -0.15) is 0 Å². The van der Waals surface area contributed by atoms with Crippen LogP contribution in [-0.4, -0.2) is 6.61 Å². The van der Waals surface area contributed by atoms with Crippen LogP contribution in [0.15, 0.2) is 43.9 Å². The summed E-state index contributed by atoms with van der Waals surface area (Å²) in [6, 6.07) is 10.0. The van der Waals surface area contributed by atoms with Gasteiger partial charge in [0.2, 0.25) is 0 Å². The van der Waals surface area contributed by atoms with E-state index in [1.807, 2.05) is 31.2 Å². The Morgan fingerprint density at radius 3 is 2.74 bits per heavy atom. The molecule has 0 spiro atoms. The first-order valence-electron chi connectivity index (χ1n) is 6.05. The maximum absolute atomic E-state index is 5.50. The number of ether oxygens (including phenoxy) is 1. The molecule has 0 aliphatic heterocycles. The van der Waals surface area contributed by atoms with Crippen molar-refractivity contribution >= 4 is 31.9 Å². The molecule has 0 aliphatic rings. The smallest absolute Gasteiger partial charge is 0.183 e. The summed E-state index contributed by atoms with van der Waals surface area (Å²) in [7, 11) is 0. The molecule has 2 rings (SSSR count). The van der Waals surface area contributed by atoms with Gasteiger partial charge in [-0.15, -0.1) is 0 Å². The van der Waals surface area contributed by atoms with Crippen molar-refractivity contribution in [2.75, 3.05) is 6.61 Å². The van der Waals surface area contributed by atoms with Gasteiger partial charge in [-0.25, -0.2) is 0 Å². The van der Waals surface area contributed by atoms with Crippen LogP contribution in [-0.2, 0) is 13.1 Å². The fourth-order valence-corrected chi connectivity index (χ4v) is 2.38. The van der Waals surface area contributed by atoms with Gasteiger partial charge in [0.15, 0.2) is 4.67 Å². The fraction of sp³-hybridized carbons (Fsp3) is 0.286. The van der Waals surface area contributed by atoms with Crippen LogP contribution in [0, 0.1) is 0 Å². The molecule has 0 fully saturated rings. The van der Waals surface area contributed by atoms with Gasteiger partial charge in [0.1, 0.15) is 11.5 Å². The number of hydrogen-bond acceptors (Lipinski definition) is 3. The monoisotopic (exact) mass is 387 g/mol. The third kappa shape index (κ3) is 4.37. The Morgan fingerprint density at radius 2 is 2.05 bits per heavy atom. The van der Waals surface area contributed by atoms with Crippen LogP contribution in [0.4, 0.5) is 0 Å². The summed E-state index contributed by atoms with van der Waals surface area (Å²) in [5.41, 5.74) is 1.19. The van der Waals surface area contributed by atoms with Crippen molar-refractivity contribution in [1.82, 2.24) is 5.32 Å². The van der Waals surface area contributed by atoms with Crippen molar-refractivity contribution in [2.24, 2.45) is 0 Å². The van der Waals surface area contributed by atoms with Gasteiger partial charge in [0, 0.05) is 6.54 Å². The molecule has 102 valence electrons. The molecule has 3 nitrogen and oxygen atoms in total. The minimum Gasteiger partial charge on any atom is -0.494 e. The normalized spacial score (nSPS) is 10.7. The van der Waals surface area contributed by atoms with E-state index in [2.05, 4.69) is 43.2 Å². The maximum atomic E-state index is 5.50. The number of hydrogen-bond donors (Lipinski definition) is 1. The lowest BCUT2D eigenvalue weighted by Crippen LogP contribution is -2.12. The Kier molecular flexibility index (Phi) is 5.48. The predicted molar refractivity (Wildman–Crippen MR) is 82.3 cm³/mol. The molecule has 5 heteroatoms. The van der Waals surface area contributed by atoms with Gasteiger partial charge in [0.05, 0.1) is 17.6 Å². The van der Waals surface area contributed by atoms with Crippen molar-refractivity contribution in [1.29, 1.82) is 0 Å². The molecule has 0 atom stereocenters. The molecule has 19 heavy (non-hydrogen) atoms. The first-order valence-corrected chi connectivity index (χ1v) is 7.64. The van der Waals surface area contributed by atoms with E-state index in [0.717, 1.165) is 27.2 Å². The summed E-state index contributed by atoms with van der Waals surface area (Å²) < 4.78 is 12.6. The zero-order valence-corrected chi connectivity index (χ0v) is 13.8. The Bertz CT molecular complexity index is 520. The third-order valence-electron chi connectivity index (χ3n) is 2.53. The molecule has 0 amide bonds. The first-order chi connectivity index (χ1) is 9.19. The zero-order chi connectivity index (χ0) is 13.7. The van der Waals surface area contributed by atoms with Crippen LogP contribution in [0.25, 0.3) is 0 Å². The van der Waals surface area contributed by atoms with Crippen LogP contribution in [0.5, 0.6) is 5.75 Å². The van der Waals surface area contributed by atoms with Crippen molar-refractivity contribution in [3.63, 3.8) is 0 Å². The number of furan rings is 1. The van der Waals surface area contributed by atoms with Gasteiger partial charge in [-0.3, -0.25) is 0 Å². The molecule has 1 aromatic carbocycles. The second-order valence-corrected chi connectivity index (χ2v) is 5.59. The highest BCUT2D eigenvalue weighted by atomic mass is 79.9. The predicted octanol–water partition coefficient (Wildman–Crippen LogP) is 4.49. The third-order valence-corrected chi connectivity index (χ3v) is 4.24. The zero-order valence-electron chi connectivity index (χ0n) is 10.6. The van der Waals surface area contributed by atoms with E-state index < -0.39 is 0 Å². The number of rotatable bonds is 6. The van der Waals surface area contributed by atoms with Crippen LogP contribution in [0.2, 0.25) is 0 Å². The lowest BCUT2D eigenvalue weighted by atomic mass is 10.2. The molecular formula is C14H15Br2NO2. The molecular weight excluding hydrogens is 374 g/mol. The molecule has 1 aromatic heterocycles. The largest absolute Gasteiger partial charge is 0.494 e. The Morgan fingerprint density at radius 1 is 1.21 bits per heavy atom. The molecule has 0 saturated carbocycles. The Hall–Kier alpha value is -0.780. The number of nitrogens with one attached hydrogen (secondary N) is 1. The van der Waals surface area contributed by atoms with Crippen molar-refractivity contribution < 1.29 is 9.15 Å². The van der Waals surface area contributed by atoms with Gasteiger partial charge < -0.3 is 14.5 Å². The molecule has 2 aromatic rings. The van der Waals surface area contributed by atoms with E-state index in [1.54, 1.807) is 0 Å². The van der Waals surface area contributed by atoms with E-state index >= 15 is 0 Å². The van der Waals surface area contributed by atoms with Crippen LogP contribution in [0.1, 0.15) is 18.2 Å². The van der Waals surface area contributed by atoms with E-state index in [1.165, 1.54) is 5.56 Å². The Balaban J connectivity index is 1.86. The fourth-order valence-electron chi connectivity index (χ4n) is 1.72. The number of benzene rings is 1. The van der Waals surface area contributed by atoms with Gasteiger partial charge in [-0.05, 0) is 62.5 Å². The highest BCUT2D eigenvalue weighted by molar-refractivity contribution is 9.13. The van der Waals surface area contributed by atoms with E-state index in [0.29, 0.717) is 13.2 Å². The van der Waals surface area contributed by atoms with E-state index in [9.17, 15) is 0 Å². The minimum atomic E-state index is 0.684. The lowest BCUT2D eigenvalue weighted by molar-refractivity contribution is 0.340. The lowest BCUT2D eigenvalue weighted by Gasteiger charge is -2.06. The maximum Gasteiger partial charge on any atom is 0.183 e. The summed E-state index contributed by atoms with van der Waals surface area (Å²) in [5.74, 6) is 1.80. The highest BCUT2D eigenvalue weighted by Crippen LogP contribution is 2.26. The van der Waals surface area contributed by atoms with Gasteiger partial charge in [-0.1, -0.05) is 12.1 Å². The van der Waals surface area contributed by atoms with Gasteiger partial charge in [0.25, 0.3) is 0 Å². The van der Waals surface area contributed by atoms with Crippen LogP contribution in [0.3, 0.4) is 0 Å². The standard InChI is InChI=1S/C14H15Br2NO2/c1-2-18-11-5-3-4-10(6-11)8-17-9-12-7-13(15)14(16)19-12/h3-7,17H,2,8-9H2,1H3. The summed E-state index contributed by atoms with van der Waals surface area (Å²) in [5, 5.41) is 3.34. The van der Waals surface area contributed by atoms with Crippen LogP contribution >= 0.6 is 31.9 Å². The van der Waals surface area contributed by atoms with Crippen molar-refractivity contribution in [3.8, 4) is 5.75 Å². The highest BCUT2D eigenvalue weighted by Gasteiger charge is 2.05. The van der Waals surface area contributed by atoms with Crippen molar-refractivity contribution in [3.05, 3.63) is 50.8 Å². The summed E-state index contributed by atoms with van der Waals surface area (Å²) in [4.78, 5) is 0. The second-order valence-electron chi connectivity index (χ2n) is 4.02.